The number of nitrogen functional groups attached to an aromatic ring is 1. The van der Waals surface area contributed by atoms with Crippen LogP contribution >= 0.6 is 0 Å². The van der Waals surface area contributed by atoms with Crippen LogP contribution in [-0.4, -0.2) is 20.7 Å². The Balaban J connectivity index is 2.06. The zero-order valence-corrected chi connectivity index (χ0v) is 9.72. The molecule has 0 saturated carbocycles. The van der Waals surface area contributed by atoms with Crippen molar-refractivity contribution in [2.45, 2.75) is 6.54 Å². The monoisotopic (exact) mass is 249 g/mol. The van der Waals surface area contributed by atoms with Gasteiger partial charge in [-0.25, -0.2) is 4.39 Å². The number of hydrogen-bond donors (Lipinski definition) is 2. The Hall–Kier alpha value is -2.44. The molecule has 0 unspecified atom stereocenters. The zero-order valence-electron chi connectivity index (χ0n) is 9.72. The molecule has 0 spiro atoms. The summed E-state index contributed by atoms with van der Waals surface area (Å²) in [6.07, 6.45) is 1.53. The number of carbonyl (C=O) groups excluding carboxylic acids is 1. The van der Waals surface area contributed by atoms with Gasteiger partial charge in [-0.3, -0.25) is 4.79 Å². The molecule has 0 saturated heterocycles. The molecule has 0 fully saturated rings. The van der Waals surface area contributed by atoms with Crippen molar-refractivity contribution in [2.24, 2.45) is 7.05 Å². The van der Waals surface area contributed by atoms with Crippen molar-refractivity contribution in [1.29, 1.82) is 0 Å². The van der Waals surface area contributed by atoms with Crippen LogP contribution in [0.4, 0.5) is 10.1 Å². The summed E-state index contributed by atoms with van der Waals surface area (Å²) in [7, 11) is 1.77. The van der Waals surface area contributed by atoms with E-state index in [-0.39, 0.29) is 17.8 Å². The van der Waals surface area contributed by atoms with E-state index >= 15 is 0 Å². The Bertz CT molecular complexity index is 560. The number of anilines is 1. The fourth-order valence-electron chi connectivity index (χ4n) is 1.47. The summed E-state index contributed by atoms with van der Waals surface area (Å²) in [4.78, 5) is 11.8. The minimum atomic E-state index is -0.543. The summed E-state index contributed by atoms with van der Waals surface area (Å²) in [5, 5.41) is 10.1. The number of nitrogens with one attached hydrogen (secondary N) is 1. The molecule has 2 rings (SSSR count). The molecule has 0 aliphatic rings. The van der Waals surface area contributed by atoms with Crippen LogP contribution in [-0.2, 0) is 13.6 Å². The van der Waals surface area contributed by atoms with Crippen LogP contribution in [0.15, 0.2) is 24.5 Å². The Kier molecular flexibility index (Phi) is 3.22. The highest BCUT2D eigenvalue weighted by Gasteiger charge is 2.09. The van der Waals surface area contributed by atoms with Gasteiger partial charge in [-0.15, -0.1) is 10.2 Å². The number of nitrogens with two attached hydrogens (primary N) is 1. The molecule has 0 bridgehead atoms. The lowest BCUT2D eigenvalue weighted by atomic mass is 10.2. The first-order valence-corrected chi connectivity index (χ1v) is 5.23. The second-order valence-electron chi connectivity index (χ2n) is 3.81. The number of benzene rings is 1. The summed E-state index contributed by atoms with van der Waals surface area (Å²) >= 11 is 0. The van der Waals surface area contributed by atoms with Crippen molar-refractivity contribution in [2.75, 3.05) is 5.73 Å². The van der Waals surface area contributed by atoms with Gasteiger partial charge in [-0.05, 0) is 18.2 Å². The Morgan fingerprint density at radius 2 is 2.28 bits per heavy atom. The summed E-state index contributed by atoms with van der Waals surface area (Å²) in [6.45, 7) is 0.214. The molecule has 1 aromatic carbocycles. The highest BCUT2D eigenvalue weighted by Crippen LogP contribution is 2.10. The maximum Gasteiger partial charge on any atom is 0.251 e. The molecule has 0 aliphatic carbocycles. The van der Waals surface area contributed by atoms with Gasteiger partial charge < -0.3 is 15.6 Å². The molecular formula is C11H12FN5O. The van der Waals surface area contributed by atoms with E-state index in [1.165, 1.54) is 12.4 Å². The predicted molar refractivity (Wildman–Crippen MR) is 63.0 cm³/mol. The Labute approximate surface area is 103 Å². The van der Waals surface area contributed by atoms with Gasteiger partial charge in [0, 0.05) is 18.3 Å². The van der Waals surface area contributed by atoms with E-state index in [4.69, 9.17) is 5.73 Å². The normalized spacial score (nSPS) is 10.3. The van der Waals surface area contributed by atoms with Gasteiger partial charge in [-0.2, -0.15) is 0 Å². The fourth-order valence-corrected chi connectivity index (χ4v) is 1.47. The van der Waals surface area contributed by atoms with Gasteiger partial charge in [0.15, 0.2) is 5.82 Å². The van der Waals surface area contributed by atoms with Crippen molar-refractivity contribution < 1.29 is 9.18 Å². The van der Waals surface area contributed by atoms with E-state index in [0.29, 0.717) is 5.82 Å². The molecular weight excluding hydrogens is 237 g/mol. The molecule has 94 valence electrons. The lowest BCUT2D eigenvalue weighted by molar-refractivity contribution is 0.0949. The fraction of sp³-hybridized carbons (Fsp3) is 0.182. The van der Waals surface area contributed by atoms with Crippen LogP contribution in [0.2, 0.25) is 0 Å². The van der Waals surface area contributed by atoms with Gasteiger partial charge in [0.1, 0.15) is 12.1 Å². The van der Waals surface area contributed by atoms with Gasteiger partial charge in [0.05, 0.1) is 6.54 Å². The highest BCUT2D eigenvalue weighted by molar-refractivity contribution is 5.94. The number of rotatable bonds is 3. The quantitative estimate of drug-likeness (QED) is 0.774. The summed E-state index contributed by atoms with van der Waals surface area (Å²) < 4.78 is 14.8. The Morgan fingerprint density at radius 3 is 2.89 bits per heavy atom. The molecule has 1 heterocycles. The first kappa shape index (κ1) is 12.0. The standard InChI is InChI=1S/C11H12FN5O/c1-17-6-15-16-10(17)5-14-11(18)7-2-8(12)4-9(13)3-7/h2-4,6H,5,13H2,1H3,(H,14,18). The van der Waals surface area contributed by atoms with Crippen molar-refractivity contribution in [3.05, 3.63) is 41.7 Å². The van der Waals surface area contributed by atoms with Crippen LogP contribution in [0, 0.1) is 5.82 Å². The third kappa shape index (κ3) is 2.62. The summed E-state index contributed by atoms with van der Waals surface area (Å²) in [5.74, 6) is -0.351. The molecule has 7 heteroatoms. The topological polar surface area (TPSA) is 85.8 Å². The van der Waals surface area contributed by atoms with Crippen LogP contribution in [0.1, 0.15) is 16.2 Å². The third-order valence-electron chi connectivity index (χ3n) is 2.39. The highest BCUT2D eigenvalue weighted by atomic mass is 19.1. The van der Waals surface area contributed by atoms with Crippen LogP contribution in [0.25, 0.3) is 0 Å². The first-order chi connectivity index (χ1) is 8.56. The van der Waals surface area contributed by atoms with Crippen LogP contribution < -0.4 is 11.1 Å². The van der Waals surface area contributed by atoms with Gasteiger partial charge in [0.2, 0.25) is 0 Å². The molecule has 18 heavy (non-hydrogen) atoms. The maximum atomic E-state index is 13.1. The first-order valence-electron chi connectivity index (χ1n) is 5.23. The van der Waals surface area contributed by atoms with Crippen molar-refractivity contribution in [1.82, 2.24) is 20.1 Å². The average molecular weight is 249 g/mol. The molecule has 0 radical (unpaired) electrons. The largest absolute Gasteiger partial charge is 0.399 e. The number of aromatic nitrogens is 3. The lowest BCUT2D eigenvalue weighted by Gasteiger charge is -2.05. The number of carbonyl (C=O) groups is 1. The molecule has 0 aliphatic heterocycles. The Morgan fingerprint density at radius 1 is 1.50 bits per heavy atom. The van der Waals surface area contributed by atoms with Crippen LogP contribution in [0.5, 0.6) is 0 Å². The van der Waals surface area contributed by atoms with E-state index in [0.717, 1.165) is 12.1 Å². The summed E-state index contributed by atoms with van der Waals surface area (Å²) in [5.41, 5.74) is 5.85. The van der Waals surface area contributed by atoms with Crippen molar-refractivity contribution in [3.8, 4) is 0 Å². The maximum absolute atomic E-state index is 13.1. The van der Waals surface area contributed by atoms with E-state index in [1.54, 1.807) is 11.6 Å². The minimum Gasteiger partial charge on any atom is -0.399 e. The number of nitrogens with zero attached hydrogens (tertiary/aromatic N) is 3. The van der Waals surface area contributed by atoms with Gasteiger partial charge in [0.25, 0.3) is 5.91 Å². The number of hydrogen-bond acceptors (Lipinski definition) is 4. The van der Waals surface area contributed by atoms with E-state index in [1.807, 2.05) is 0 Å². The lowest BCUT2D eigenvalue weighted by Crippen LogP contribution is -2.24. The number of halogens is 1. The molecule has 2 aromatic rings. The van der Waals surface area contributed by atoms with Crippen molar-refractivity contribution in [3.63, 3.8) is 0 Å². The molecule has 6 nitrogen and oxygen atoms in total. The molecule has 1 amide bonds. The zero-order chi connectivity index (χ0) is 13.1. The second kappa shape index (κ2) is 4.82. The predicted octanol–water partition coefficient (Wildman–Crippen LogP) is 0.466. The van der Waals surface area contributed by atoms with E-state index < -0.39 is 11.7 Å². The third-order valence-corrected chi connectivity index (χ3v) is 2.39. The SMILES string of the molecule is Cn1cnnc1CNC(=O)c1cc(N)cc(F)c1. The molecule has 0 atom stereocenters. The number of aryl methyl sites for hydroxylation is 1. The van der Waals surface area contributed by atoms with Gasteiger partial charge in [-0.1, -0.05) is 0 Å². The molecule has 3 N–H and O–H groups in total. The van der Waals surface area contributed by atoms with Crippen molar-refractivity contribution >= 4 is 11.6 Å². The van der Waals surface area contributed by atoms with E-state index in [9.17, 15) is 9.18 Å². The number of amides is 1. The van der Waals surface area contributed by atoms with E-state index in [2.05, 4.69) is 15.5 Å². The second-order valence-corrected chi connectivity index (χ2v) is 3.81. The molecule has 1 aromatic heterocycles. The minimum absolute atomic E-state index is 0.176. The van der Waals surface area contributed by atoms with Crippen LogP contribution in [0.3, 0.4) is 0 Å². The average Bonchev–Trinajstić information content (AvgIpc) is 2.70. The summed E-state index contributed by atoms with van der Waals surface area (Å²) in [6, 6.07) is 3.69. The smallest absolute Gasteiger partial charge is 0.251 e. The van der Waals surface area contributed by atoms with Gasteiger partial charge >= 0.3 is 0 Å².